The largest absolute Gasteiger partial charge is 0.480 e. The van der Waals surface area contributed by atoms with Gasteiger partial charge in [-0.15, -0.1) is 16.2 Å². The summed E-state index contributed by atoms with van der Waals surface area (Å²) in [5, 5.41) is 12.5. The summed E-state index contributed by atoms with van der Waals surface area (Å²) < 4.78 is 1.82. The van der Waals surface area contributed by atoms with Crippen molar-refractivity contribution in [3.8, 4) is 0 Å². The summed E-state index contributed by atoms with van der Waals surface area (Å²) in [6.45, 7) is 0. The van der Waals surface area contributed by atoms with Crippen LogP contribution in [0.2, 0.25) is 0 Å². The van der Waals surface area contributed by atoms with Crippen LogP contribution in [-0.4, -0.2) is 55.5 Å². The van der Waals surface area contributed by atoms with Gasteiger partial charge >= 0.3 is 5.97 Å². The number of carboxylic acid groups (broad SMARTS) is 1. The Bertz CT molecular complexity index is 911. The summed E-state index contributed by atoms with van der Waals surface area (Å²) >= 11 is 2.79. The summed E-state index contributed by atoms with van der Waals surface area (Å²) in [5.41, 5.74) is 4.84. The number of hydrogen-bond acceptors (Lipinski definition) is 8. The number of carboxylic acids is 1. The fourth-order valence-electron chi connectivity index (χ4n) is 3.77. The first-order valence-electron chi connectivity index (χ1n) is 9.28. The first-order chi connectivity index (χ1) is 14.0. The lowest BCUT2D eigenvalue weighted by Crippen LogP contribution is -2.52. The highest BCUT2D eigenvalue weighted by molar-refractivity contribution is 8.02. The maximum absolute atomic E-state index is 13.3. The number of aromatic amines is 1. The van der Waals surface area contributed by atoms with E-state index in [2.05, 4.69) is 20.7 Å². The molecule has 0 bridgehead atoms. The quantitative estimate of drug-likeness (QED) is 0.387. The molecule has 0 aromatic carbocycles. The van der Waals surface area contributed by atoms with E-state index < -0.39 is 24.0 Å². The Hall–Kier alpha value is -2.24. The lowest BCUT2D eigenvalue weighted by molar-refractivity contribution is -0.141. The number of nitrogens with zero attached hydrogens (tertiary/aromatic N) is 2. The summed E-state index contributed by atoms with van der Waals surface area (Å²) in [6.07, 6.45) is 8.70. The molecule has 1 aliphatic carbocycles. The number of hydrazine groups is 1. The highest BCUT2D eigenvalue weighted by Gasteiger charge is 2.46. The molecule has 0 fully saturated rings. The van der Waals surface area contributed by atoms with E-state index >= 15 is 0 Å². The molecular weight excluding hydrogens is 414 g/mol. The molecule has 2 atom stereocenters. The zero-order valence-corrected chi connectivity index (χ0v) is 17.4. The number of fused-ring (bicyclic) bond motifs is 2. The minimum Gasteiger partial charge on any atom is -0.480 e. The molecule has 0 radical (unpaired) electrons. The molecule has 3 heterocycles. The topological polar surface area (TPSA) is 127 Å². The van der Waals surface area contributed by atoms with Gasteiger partial charge in [-0.05, 0) is 49.5 Å². The standard InChI is InChI=1S/C18H21N5O4S2/c1-28-17-13(16(25)21-11(18(26)27)6-9-7-19-8-20-9)15(24)14-10-4-2-3-5-12(10)29-23(14)22-17/h7-8,11,14,22H,2-6H2,1H3,(H,19,20)(H,21,25)(H,26,27). The zero-order chi connectivity index (χ0) is 20.5. The first kappa shape index (κ1) is 20.0. The molecule has 2 unspecified atom stereocenters. The number of Topliss-reactive ketones (excluding diaryl/α,β-unsaturated/α-hetero) is 1. The van der Waals surface area contributed by atoms with E-state index in [-0.39, 0.29) is 17.8 Å². The summed E-state index contributed by atoms with van der Waals surface area (Å²) in [5.74, 6) is -2.13. The van der Waals surface area contributed by atoms with Crippen molar-refractivity contribution in [1.82, 2.24) is 25.1 Å². The van der Waals surface area contributed by atoms with E-state index in [9.17, 15) is 19.5 Å². The van der Waals surface area contributed by atoms with Crippen LogP contribution in [0.25, 0.3) is 0 Å². The number of rotatable bonds is 6. The van der Waals surface area contributed by atoms with Crippen molar-refractivity contribution < 1.29 is 19.5 Å². The average molecular weight is 436 g/mol. The molecule has 3 aliphatic rings. The lowest BCUT2D eigenvalue weighted by Gasteiger charge is -2.32. The van der Waals surface area contributed by atoms with Crippen molar-refractivity contribution in [1.29, 1.82) is 0 Å². The monoisotopic (exact) mass is 435 g/mol. The normalized spacial score (nSPS) is 22.8. The van der Waals surface area contributed by atoms with Gasteiger partial charge < -0.3 is 20.8 Å². The van der Waals surface area contributed by atoms with Crippen molar-refractivity contribution in [2.24, 2.45) is 0 Å². The fourth-order valence-corrected chi connectivity index (χ4v) is 5.69. The van der Waals surface area contributed by atoms with Gasteiger partial charge in [-0.2, -0.15) is 0 Å². The Morgan fingerprint density at radius 3 is 2.93 bits per heavy atom. The third kappa shape index (κ3) is 3.81. The van der Waals surface area contributed by atoms with Crippen molar-refractivity contribution >= 4 is 41.4 Å². The summed E-state index contributed by atoms with van der Waals surface area (Å²) in [4.78, 5) is 45.9. The van der Waals surface area contributed by atoms with E-state index in [1.165, 1.54) is 41.1 Å². The second kappa shape index (κ2) is 8.25. The number of allylic oxidation sites excluding steroid dienone is 1. The highest BCUT2D eigenvalue weighted by Crippen LogP contribution is 2.47. The average Bonchev–Trinajstić information content (AvgIpc) is 3.34. The first-order valence-corrected chi connectivity index (χ1v) is 11.3. The molecule has 0 spiro atoms. The molecule has 11 heteroatoms. The number of thioether (sulfide) groups is 1. The Morgan fingerprint density at radius 2 is 2.24 bits per heavy atom. The Kier molecular flexibility index (Phi) is 5.70. The highest BCUT2D eigenvalue weighted by atomic mass is 32.2. The predicted octanol–water partition coefficient (Wildman–Crippen LogP) is 1.34. The Balaban J connectivity index is 1.58. The zero-order valence-electron chi connectivity index (χ0n) is 15.7. The molecule has 9 nitrogen and oxygen atoms in total. The van der Waals surface area contributed by atoms with Crippen molar-refractivity contribution in [2.75, 3.05) is 6.26 Å². The lowest BCUT2D eigenvalue weighted by atomic mass is 9.89. The minimum atomic E-state index is -1.18. The number of amides is 1. The number of carbonyl (C=O) groups is 3. The third-order valence-corrected chi connectivity index (χ3v) is 7.07. The molecule has 154 valence electrons. The number of hydrogen-bond donors (Lipinski definition) is 4. The predicted molar refractivity (Wildman–Crippen MR) is 109 cm³/mol. The Morgan fingerprint density at radius 1 is 1.45 bits per heavy atom. The minimum absolute atomic E-state index is 0.00506. The van der Waals surface area contributed by atoms with Gasteiger partial charge in [-0.3, -0.25) is 9.59 Å². The van der Waals surface area contributed by atoms with E-state index in [0.717, 1.165) is 31.3 Å². The number of ketones is 1. The van der Waals surface area contributed by atoms with Gasteiger partial charge in [0.25, 0.3) is 5.91 Å². The number of nitrogens with one attached hydrogen (secondary N) is 3. The van der Waals surface area contributed by atoms with Crippen LogP contribution in [0.5, 0.6) is 0 Å². The molecule has 29 heavy (non-hydrogen) atoms. The van der Waals surface area contributed by atoms with E-state index in [1.807, 2.05) is 4.41 Å². The second-order valence-corrected chi connectivity index (χ2v) is 8.89. The van der Waals surface area contributed by atoms with Crippen LogP contribution in [0.15, 0.2) is 33.6 Å². The summed E-state index contributed by atoms with van der Waals surface area (Å²) in [7, 11) is 0. The van der Waals surface area contributed by atoms with Crippen LogP contribution >= 0.6 is 23.7 Å². The maximum Gasteiger partial charge on any atom is 0.326 e. The van der Waals surface area contributed by atoms with Crippen molar-refractivity contribution in [3.63, 3.8) is 0 Å². The van der Waals surface area contributed by atoms with Gasteiger partial charge in [0.1, 0.15) is 17.7 Å². The number of imidazole rings is 1. The van der Waals surface area contributed by atoms with Gasteiger partial charge in [0.05, 0.1) is 11.4 Å². The van der Waals surface area contributed by atoms with Crippen molar-refractivity contribution in [2.45, 2.75) is 44.2 Å². The van der Waals surface area contributed by atoms with Crippen LogP contribution in [0.1, 0.15) is 31.4 Å². The van der Waals surface area contributed by atoms with Crippen LogP contribution in [-0.2, 0) is 20.8 Å². The molecule has 4 N–H and O–H groups in total. The molecule has 0 saturated carbocycles. The van der Waals surface area contributed by atoms with Gasteiger partial charge in [0.15, 0.2) is 5.78 Å². The molecule has 0 saturated heterocycles. The van der Waals surface area contributed by atoms with Gasteiger partial charge in [0, 0.05) is 23.2 Å². The van der Waals surface area contributed by atoms with Gasteiger partial charge in [0.2, 0.25) is 0 Å². The number of carbonyl (C=O) groups excluding carboxylic acids is 2. The maximum atomic E-state index is 13.3. The van der Waals surface area contributed by atoms with E-state index in [1.54, 1.807) is 6.26 Å². The Labute approximate surface area is 175 Å². The van der Waals surface area contributed by atoms with Crippen LogP contribution in [0, 0.1) is 0 Å². The van der Waals surface area contributed by atoms with Gasteiger partial charge in [-0.25, -0.2) is 9.78 Å². The van der Waals surface area contributed by atoms with Crippen LogP contribution in [0.4, 0.5) is 0 Å². The third-order valence-electron chi connectivity index (χ3n) is 5.18. The number of aliphatic carboxylic acids is 1. The molecule has 1 aromatic rings. The molecule has 4 rings (SSSR count). The summed E-state index contributed by atoms with van der Waals surface area (Å²) in [6, 6.07) is -1.69. The van der Waals surface area contributed by atoms with Gasteiger partial charge in [-0.1, -0.05) is 0 Å². The number of aromatic nitrogens is 2. The number of H-pyrrole nitrogens is 1. The second-order valence-electron chi connectivity index (χ2n) is 7.00. The molecule has 1 amide bonds. The van der Waals surface area contributed by atoms with E-state index in [0.29, 0.717) is 10.7 Å². The molecular formula is C18H21N5O4S2. The van der Waals surface area contributed by atoms with E-state index in [4.69, 9.17) is 0 Å². The molecule has 1 aromatic heterocycles. The van der Waals surface area contributed by atoms with Crippen molar-refractivity contribution in [3.05, 3.63) is 39.3 Å². The fraction of sp³-hybridized carbons (Fsp3) is 0.444. The van der Waals surface area contributed by atoms with Crippen LogP contribution < -0.4 is 10.7 Å². The smallest absolute Gasteiger partial charge is 0.326 e. The SMILES string of the molecule is CSC1=C(C(=O)NC(Cc2cnc[nH]2)C(=O)O)C(=O)C2C3=C(CCCC3)SN2N1. The van der Waals surface area contributed by atoms with Crippen LogP contribution in [0.3, 0.4) is 0 Å². The molecule has 2 aliphatic heterocycles.